The highest BCUT2D eigenvalue weighted by molar-refractivity contribution is 5.84. The average Bonchev–Trinajstić information content (AvgIpc) is 2.45. The van der Waals surface area contributed by atoms with Gasteiger partial charge in [0.15, 0.2) is 6.10 Å². The second-order valence-corrected chi connectivity index (χ2v) is 5.13. The van der Waals surface area contributed by atoms with Gasteiger partial charge in [-0.1, -0.05) is 0 Å². The highest BCUT2D eigenvalue weighted by Gasteiger charge is 2.43. The number of aliphatic hydroxyl groups is 3. The minimum Gasteiger partial charge on any atom is -0.478 e. The van der Waals surface area contributed by atoms with E-state index >= 15 is 0 Å². The number of amides is 2. The van der Waals surface area contributed by atoms with Gasteiger partial charge in [-0.2, -0.15) is 0 Å². The largest absolute Gasteiger partial charge is 0.478 e. The quantitative estimate of drug-likeness (QED) is 0.301. The van der Waals surface area contributed by atoms with Gasteiger partial charge < -0.3 is 35.8 Å². The van der Waals surface area contributed by atoms with Gasteiger partial charge in [0, 0.05) is 20.4 Å². The van der Waals surface area contributed by atoms with Crippen molar-refractivity contribution in [2.75, 3.05) is 6.54 Å². The Morgan fingerprint density at radius 3 is 2.35 bits per heavy atom. The molecule has 0 fully saturated rings. The summed E-state index contributed by atoms with van der Waals surface area (Å²) in [6, 6.07) is -1.17. The molecule has 0 aromatic heterocycles. The van der Waals surface area contributed by atoms with Gasteiger partial charge in [0.1, 0.15) is 18.3 Å². The Balaban J connectivity index is 2.96. The van der Waals surface area contributed by atoms with Gasteiger partial charge in [0.05, 0.1) is 6.04 Å². The van der Waals surface area contributed by atoms with Gasteiger partial charge in [-0.3, -0.25) is 9.59 Å². The summed E-state index contributed by atoms with van der Waals surface area (Å²) in [4.78, 5) is 33.0. The lowest BCUT2D eigenvalue weighted by molar-refractivity contribution is -0.147. The SMILES string of the molecule is CC(=O)NC[C@@H](O)[C@@H](O)[C@@H]1OC(C(=O)O)=C[C@H](O)[C@H]1NC(C)=O. The van der Waals surface area contributed by atoms with E-state index in [2.05, 4.69) is 10.6 Å². The summed E-state index contributed by atoms with van der Waals surface area (Å²) in [5.41, 5.74) is 0. The van der Waals surface area contributed by atoms with E-state index in [1.54, 1.807) is 0 Å². The molecule has 10 nitrogen and oxygen atoms in total. The lowest BCUT2D eigenvalue weighted by Crippen LogP contribution is -2.60. The molecule has 2 amide bonds. The molecular weight excluding hydrogens is 312 g/mol. The average molecular weight is 332 g/mol. The number of ether oxygens (including phenoxy) is 1. The van der Waals surface area contributed by atoms with Crippen molar-refractivity contribution < 1.29 is 39.5 Å². The van der Waals surface area contributed by atoms with Crippen LogP contribution < -0.4 is 10.6 Å². The van der Waals surface area contributed by atoms with Crippen molar-refractivity contribution in [2.45, 2.75) is 44.3 Å². The maximum Gasteiger partial charge on any atom is 0.370 e. The van der Waals surface area contributed by atoms with Crippen LogP contribution in [-0.4, -0.2) is 75.2 Å². The van der Waals surface area contributed by atoms with Crippen LogP contribution >= 0.6 is 0 Å². The summed E-state index contributed by atoms with van der Waals surface area (Å²) in [5.74, 6) is -3.07. The van der Waals surface area contributed by atoms with Crippen LogP contribution in [0.5, 0.6) is 0 Å². The second kappa shape index (κ2) is 7.90. The van der Waals surface area contributed by atoms with Crippen LogP contribution in [-0.2, 0) is 19.1 Å². The van der Waals surface area contributed by atoms with E-state index in [1.165, 1.54) is 13.8 Å². The predicted molar refractivity (Wildman–Crippen MR) is 74.9 cm³/mol. The molecule has 1 aliphatic heterocycles. The van der Waals surface area contributed by atoms with E-state index in [4.69, 9.17) is 9.84 Å². The summed E-state index contributed by atoms with van der Waals surface area (Å²) in [6.45, 7) is 2.07. The molecule has 1 heterocycles. The number of carboxylic acids is 1. The summed E-state index contributed by atoms with van der Waals surface area (Å²) in [6.07, 6.45) is -5.15. The van der Waals surface area contributed by atoms with E-state index < -0.39 is 54.0 Å². The highest BCUT2D eigenvalue weighted by atomic mass is 16.5. The van der Waals surface area contributed by atoms with Crippen LogP contribution in [0.3, 0.4) is 0 Å². The first-order valence-electron chi connectivity index (χ1n) is 6.81. The van der Waals surface area contributed by atoms with Crippen molar-refractivity contribution >= 4 is 17.8 Å². The van der Waals surface area contributed by atoms with Crippen LogP contribution in [0, 0.1) is 0 Å². The minimum atomic E-state index is -1.67. The van der Waals surface area contributed by atoms with Crippen molar-refractivity contribution in [3.8, 4) is 0 Å². The van der Waals surface area contributed by atoms with Gasteiger partial charge in [0.25, 0.3) is 0 Å². The lowest BCUT2D eigenvalue weighted by Gasteiger charge is -2.38. The maximum absolute atomic E-state index is 11.2. The van der Waals surface area contributed by atoms with Crippen molar-refractivity contribution in [2.24, 2.45) is 0 Å². The van der Waals surface area contributed by atoms with Gasteiger partial charge in [-0.25, -0.2) is 4.79 Å². The monoisotopic (exact) mass is 332 g/mol. The van der Waals surface area contributed by atoms with Gasteiger partial charge in [-0.05, 0) is 6.08 Å². The number of hydrogen-bond acceptors (Lipinski definition) is 7. The van der Waals surface area contributed by atoms with Crippen molar-refractivity contribution in [3.05, 3.63) is 11.8 Å². The molecule has 0 aromatic carbocycles. The first kappa shape index (κ1) is 18.9. The molecule has 0 bridgehead atoms. The molecule has 130 valence electrons. The summed E-state index contributed by atoms with van der Waals surface area (Å²) >= 11 is 0. The smallest absolute Gasteiger partial charge is 0.370 e. The number of nitrogens with one attached hydrogen (secondary N) is 2. The maximum atomic E-state index is 11.2. The Morgan fingerprint density at radius 1 is 1.26 bits per heavy atom. The zero-order valence-corrected chi connectivity index (χ0v) is 12.6. The Morgan fingerprint density at radius 2 is 1.87 bits per heavy atom. The molecule has 0 aliphatic carbocycles. The van der Waals surface area contributed by atoms with E-state index in [9.17, 15) is 29.7 Å². The summed E-state index contributed by atoms with van der Waals surface area (Å²) in [7, 11) is 0. The molecule has 0 aromatic rings. The van der Waals surface area contributed by atoms with E-state index in [1.807, 2.05) is 0 Å². The summed E-state index contributed by atoms with van der Waals surface area (Å²) in [5, 5.41) is 43.5. The Hall–Kier alpha value is -2.17. The van der Waals surface area contributed by atoms with Crippen LogP contribution in [0.4, 0.5) is 0 Å². The van der Waals surface area contributed by atoms with Crippen molar-refractivity contribution in [3.63, 3.8) is 0 Å². The second-order valence-electron chi connectivity index (χ2n) is 5.13. The topological polar surface area (TPSA) is 165 Å². The van der Waals surface area contributed by atoms with Crippen molar-refractivity contribution in [1.29, 1.82) is 0 Å². The number of aliphatic carboxylic acids is 1. The third kappa shape index (κ3) is 5.20. The molecule has 0 radical (unpaired) electrons. The first-order valence-corrected chi connectivity index (χ1v) is 6.81. The third-order valence-electron chi connectivity index (χ3n) is 3.18. The first-order chi connectivity index (χ1) is 10.6. The van der Waals surface area contributed by atoms with E-state index in [-0.39, 0.29) is 6.54 Å². The van der Waals surface area contributed by atoms with Crippen molar-refractivity contribution in [1.82, 2.24) is 10.6 Å². The molecule has 0 unspecified atom stereocenters. The zero-order chi connectivity index (χ0) is 17.7. The van der Waals surface area contributed by atoms with Crippen LogP contribution in [0.25, 0.3) is 0 Å². The molecule has 6 N–H and O–H groups in total. The minimum absolute atomic E-state index is 0.314. The van der Waals surface area contributed by atoms with Gasteiger partial charge in [-0.15, -0.1) is 0 Å². The number of carboxylic acid groups (broad SMARTS) is 1. The fourth-order valence-corrected chi connectivity index (χ4v) is 2.11. The number of aliphatic hydroxyl groups excluding tert-OH is 3. The van der Waals surface area contributed by atoms with Crippen LogP contribution in [0.15, 0.2) is 11.8 Å². The van der Waals surface area contributed by atoms with E-state index in [0.29, 0.717) is 0 Å². The summed E-state index contributed by atoms with van der Waals surface area (Å²) < 4.78 is 5.09. The molecule has 10 heteroatoms. The lowest BCUT2D eigenvalue weighted by atomic mass is 9.93. The molecule has 5 atom stereocenters. The molecule has 0 saturated heterocycles. The molecule has 23 heavy (non-hydrogen) atoms. The highest BCUT2D eigenvalue weighted by Crippen LogP contribution is 2.22. The number of rotatable bonds is 6. The molecule has 1 aliphatic rings. The Labute approximate surface area is 131 Å². The Bertz CT molecular complexity index is 506. The third-order valence-corrected chi connectivity index (χ3v) is 3.18. The number of hydrogen-bond donors (Lipinski definition) is 6. The standard InChI is InChI=1S/C13H20N2O8/c1-5(16)14-4-8(19)11(20)12-10(15-6(2)17)7(18)3-9(23-12)13(21)22/h3,7-8,10-12,18-20H,4H2,1-2H3,(H,14,16)(H,15,17)(H,21,22)/t7-,8+,10+,11+,12+/m0/s1. The normalized spacial score (nSPS) is 26.3. The predicted octanol–water partition coefficient (Wildman–Crippen LogP) is -2.92. The fourth-order valence-electron chi connectivity index (χ4n) is 2.11. The van der Waals surface area contributed by atoms with Gasteiger partial charge >= 0.3 is 5.97 Å². The number of carbonyl (C=O) groups excluding carboxylic acids is 2. The van der Waals surface area contributed by atoms with Crippen LogP contribution in [0.2, 0.25) is 0 Å². The van der Waals surface area contributed by atoms with Crippen LogP contribution in [0.1, 0.15) is 13.8 Å². The Kier molecular flexibility index (Phi) is 6.49. The molecule has 1 rings (SSSR count). The molecule has 0 spiro atoms. The fraction of sp³-hybridized carbons (Fsp3) is 0.615. The zero-order valence-electron chi connectivity index (χ0n) is 12.6. The van der Waals surface area contributed by atoms with E-state index in [0.717, 1.165) is 6.08 Å². The molecular formula is C13H20N2O8. The molecule has 0 saturated carbocycles. The number of carbonyl (C=O) groups is 3. The van der Waals surface area contributed by atoms with Gasteiger partial charge in [0.2, 0.25) is 17.6 Å².